The highest BCUT2D eigenvalue weighted by atomic mass is 35.5. The van der Waals surface area contributed by atoms with Crippen molar-refractivity contribution in [3.63, 3.8) is 0 Å². The first-order valence-electron chi connectivity index (χ1n) is 8.77. The molecule has 0 aromatic heterocycles. The Morgan fingerprint density at radius 2 is 1.92 bits per heavy atom. The van der Waals surface area contributed by atoms with Gasteiger partial charge in [-0.25, -0.2) is 0 Å². The zero-order chi connectivity index (χ0) is 16.9. The summed E-state index contributed by atoms with van der Waals surface area (Å²) in [7, 11) is 0. The van der Waals surface area contributed by atoms with Crippen molar-refractivity contribution >= 4 is 17.5 Å². The molecule has 2 fully saturated rings. The Balaban J connectivity index is 1.34. The highest BCUT2D eigenvalue weighted by molar-refractivity contribution is 6.30. The largest absolute Gasteiger partial charge is 0.492 e. The van der Waals surface area contributed by atoms with Crippen LogP contribution in [0.15, 0.2) is 24.3 Å². The molecule has 2 aliphatic rings. The van der Waals surface area contributed by atoms with Crippen LogP contribution in [0.3, 0.4) is 0 Å². The van der Waals surface area contributed by atoms with E-state index in [1.807, 2.05) is 31.2 Å². The molecule has 1 saturated carbocycles. The third kappa shape index (κ3) is 5.10. The quantitative estimate of drug-likeness (QED) is 0.816. The van der Waals surface area contributed by atoms with Crippen molar-refractivity contribution in [1.82, 2.24) is 15.1 Å². The van der Waals surface area contributed by atoms with E-state index in [1.54, 1.807) is 0 Å². The van der Waals surface area contributed by atoms with Gasteiger partial charge >= 0.3 is 0 Å². The molecule has 1 aromatic rings. The molecule has 6 heteroatoms. The van der Waals surface area contributed by atoms with Crippen LogP contribution in [-0.2, 0) is 4.79 Å². The highest BCUT2D eigenvalue weighted by Gasteiger charge is 2.29. The topological polar surface area (TPSA) is 44.8 Å². The lowest BCUT2D eigenvalue weighted by Crippen LogP contribution is -2.54. The molecule has 132 valence electrons. The molecular weight excluding hydrogens is 326 g/mol. The molecule has 24 heavy (non-hydrogen) atoms. The van der Waals surface area contributed by atoms with Gasteiger partial charge in [-0.2, -0.15) is 0 Å². The van der Waals surface area contributed by atoms with Gasteiger partial charge in [0, 0.05) is 43.8 Å². The predicted octanol–water partition coefficient (Wildman–Crippen LogP) is 2.00. The number of nitrogens with one attached hydrogen (secondary N) is 1. The molecule has 1 atom stereocenters. The smallest absolute Gasteiger partial charge is 0.237 e. The molecule has 1 amide bonds. The summed E-state index contributed by atoms with van der Waals surface area (Å²) in [6, 6.07) is 7.86. The van der Waals surface area contributed by atoms with Crippen molar-refractivity contribution in [1.29, 1.82) is 0 Å². The fourth-order valence-corrected chi connectivity index (χ4v) is 3.04. The number of nitrogens with zero attached hydrogens (tertiary/aromatic N) is 2. The van der Waals surface area contributed by atoms with Gasteiger partial charge in [0.05, 0.1) is 6.04 Å². The van der Waals surface area contributed by atoms with Gasteiger partial charge in [-0.05, 0) is 44.0 Å². The molecular formula is C18H26ClN3O2. The summed E-state index contributed by atoms with van der Waals surface area (Å²) in [4.78, 5) is 16.8. The maximum Gasteiger partial charge on any atom is 0.237 e. The number of hydrogen-bond donors (Lipinski definition) is 1. The average molecular weight is 352 g/mol. The lowest BCUT2D eigenvalue weighted by atomic mass is 10.2. The number of amides is 1. The Bertz CT molecular complexity index is 540. The van der Waals surface area contributed by atoms with Gasteiger partial charge in [0.25, 0.3) is 0 Å². The lowest BCUT2D eigenvalue weighted by molar-refractivity contribution is -0.126. The van der Waals surface area contributed by atoms with E-state index in [9.17, 15) is 4.79 Å². The Morgan fingerprint density at radius 3 is 2.54 bits per heavy atom. The monoisotopic (exact) mass is 351 g/mol. The summed E-state index contributed by atoms with van der Waals surface area (Å²) >= 11 is 5.86. The van der Waals surface area contributed by atoms with E-state index in [0.717, 1.165) is 56.3 Å². The van der Waals surface area contributed by atoms with Gasteiger partial charge in [-0.3, -0.25) is 14.6 Å². The normalized spacial score (nSPS) is 20.6. The second kappa shape index (κ2) is 8.19. The van der Waals surface area contributed by atoms with Crippen molar-refractivity contribution in [2.75, 3.05) is 39.3 Å². The lowest BCUT2D eigenvalue weighted by Gasteiger charge is -2.37. The fourth-order valence-electron chi connectivity index (χ4n) is 2.91. The van der Waals surface area contributed by atoms with E-state index < -0.39 is 0 Å². The molecule has 0 radical (unpaired) electrons. The number of piperazine rings is 1. The zero-order valence-corrected chi connectivity index (χ0v) is 15.0. The van der Waals surface area contributed by atoms with E-state index in [0.29, 0.717) is 12.6 Å². The van der Waals surface area contributed by atoms with Gasteiger partial charge in [0.1, 0.15) is 12.4 Å². The Labute approximate surface area is 148 Å². The standard InChI is InChI=1S/C18H26ClN3O2/c1-14(18(23)20-16-4-5-16)22-10-8-21(9-11-22)12-13-24-17-6-2-15(19)3-7-17/h2-3,6-7,14,16H,4-5,8-13H2,1H3,(H,20,23)/t14-/m1/s1. The minimum atomic E-state index is -0.0296. The number of benzene rings is 1. The van der Waals surface area contributed by atoms with Gasteiger partial charge in [-0.15, -0.1) is 0 Å². The molecule has 0 bridgehead atoms. The molecule has 1 aliphatic heterocycles. The highest BCUT2D eigenvalue weighted by Crippen LogP contribution is 2.19. The van der Waals surface area contributed by atoms with E-state index in [1.165, 1.54) is 0 Å². The summed E-state index contributed by atoms with van der Waals surface area (Å²) in [6.45, 7) is 7.39. The van der Waals surface area contributed by atoms with Crippen LogP contribution in [0, 0.1) is 0 Å². The summed E-state index contributed by atoms with van der Waals surface area (Å²) in [5, 5.41) is 3.82. The third-order valence-corrected chi connectivity index (χ3v) is 5.00. The van der Waals surface area contributed by atoms with E-state index in [-0.39, 0.29) is 11.9 Å². The maximum atomic E-state index is 12.1. The summed E-state index contributed by atoms with van der Waals surface area (Å²) in [5.41, 5.74) is 0. The molecule has 0 unspecified atom stereocenters. The van der Waals surface area contributed by atoms with Crippen LogP contribution in [0.1, 0.15) is 19.8 Å². The first-order chi connectivity index (χ1) is 11.6. The van der Waals surface area contributed by atoms with E-state index in [4.69, 9.17) is 16.3 Å². The van der Waals surface area contributed by atoms with Crippen LogP contribution < -0.4 is 10.1 Å². The molecule has 5 nitrogen and oxygen atoms in total. The van der Waals surface area contributed by atoms with Crippen LogP contribution in [0.2, 0.25) is 5.02 Å². The summed E-state index contributed by atoms with van der Waals surface area (Å²) in [5.74, 6) is 1.03. The number of rotatable bonds is 7. The number of ether oxygens (including phenoxy) is 1. The molecule has 1 saturated heterocycles. The Hall–Kier alpha value is -1.30. The number of hydrogen-bond acceptors (Lipinski definition) is 4. The Kier molecular flexibility index (Phi) is 5.98. The number of carbonyl (C=O) groups is 1. The molecule has 3 rings (SSSR count). The van der Waals surface area contributed by atoms with Gasteiger partial charge in [0.2, 0.25) is 5.91 Å². The summed E-state index contributed by atoms with van der Waals surface area (Å²) < 4.78 is 5.75. The Morgan fingerprint density at radius 1 is 1.25 bits per heavy atom. The molecule has 1 N–H and O–H groups in total. The minimum absolute atomic E-state index is 0.0296. The van der Waals surface area contributed by atoms with Crippen molar-refractivity contribution in [3.05, 3.63) is 29.3 Å². The van der Waals surface area contributed by atoms with Crippen LogP contribution in [0.25, 0.3) is 0 Å². The molecule has 1 aliphatic carbocycles. The summed E-state index contributed by atoms with van der Waals surface area (Å²) in [6.07, 6.45) is 2.28. The second-order valence-corrected chi connectivity index (χ2v) is 7.08. The van der Waals surface area contributed by atoms with Crippen LogP contribution >= 0.6 is 11.6 Å². The zero-order valence-electron chi connectivity index (χ0n) is 14.2. The minimum Gasteiger partial charge on any atom is -0.492 e. The molecule has 0 spiro atoms. The number of carbonyl (C=O) groups excluding carboxylic acids is 1. The maximum absolute atomic E-state index is 12.1. The van der Waals surface area contributed by atoms with Crippen LogP contribution in [0.4, 0.5) is 0 Å². The second-order valence-electron chi connectivity index (χ2n) is 6.64. The first kappa shape index (κ1) is 17.5. The SMILES string of the molecule is C[C@H](C(=O)NC1CC1)N1CCN(CCOc2ccc(Cl)cc2)CC1. The van der Waals surface area contributed by atoms with Crippen LogP contribution in [0.5, 0.6) is 5.75 Å². The van der Waals surface area contributed by atoms with Crippen molar-refractivity contribution in [3.8, 4) is 5.75 Å². The average Bonchev–Trinajstić information content (AvgIpc) is 3.40. The van der Waals surface area contributed by atoms with E-state index >= 15 is 0 Å². The third-order valence-electron chi connectivity index (χ3n) is 4.75. The van der Waals surface area contributed by atoms with Crippen molar-refractivity contribution < 1.29 is 9.53 Å². The fraction of sp³-hybridized carbons (Fsp3) is 0.611. The number of halogens is 1. The van der Waals surface area contributed by atoms with Gasteiger partial charge in [0.15, 0.2) is 0 Å². The van der Waals surface area contributed by atoms with Crippen LogP contribution in [-0.4, -0.2) is 67.1 Å². The molecule has 1 heterocycles. The molecule has 1 aromatic carbocycles. The van der Waals surface area contributed by atoms with Crippen molar-refractivity contribution in [2.45, 2.75) is 31.8 Å². The first-order valence-corrected chi connectivity index (χ1v) is 9.15. The van der Waals surface area contributed by atoms with Gasteiger partial charge < -0.3 is 10.1 Å². The predicted molar refractivity (Wildman–Crippen MR) is 95.6 cm³/mol. The van der Waals surface area contributed by atoms with Crippen molar-refractivity contribution in [2.24, 2.45) is 0 Å². The van der Waals surface area contributed by atoms with E-state index in [2.05, 4.69) is 15.1 Å². The van der Waals surface area contributed by atoms with Gasteiger partial charge in [-0.1, -0.05) is 11.6 Å².